The minimum atomic E-state index is -0.519. The predicted molar refractivity (Wildman–Crippen MR) is 113 cm³/mol. The van der Waals surface area contributed by atoms with Crippen molar-refractivity contribution < 1.29 is 9.53 Å². The summed E-state index contributed by atoms with van der Waals surface area (Å²) < 4.78 is 9.13. The summed E-state index contributed by atoms with van der Waals surface area (Å²) in [6.45, 7) is 4.48. The SMILES string of the molecule is CC1=C(c2cc(COC(=O)Nc3ccc4c(c3)ncn4C)nn2C)C=CC(C)C1. The first-order valence-electron chi connectivity index (χ1n) is 9.67. The Morgan fingerprint density at radius 2 is 2.14 bits per heavy atom. The molecular weight excluding hydrogens is 366 g/mol. The highest BCUT2D eigenvalue weighted by atomic mass is 16.5. The summed E-state index contributed by atoms with van der Waals surface area (Å²) in [5.74, 6) is 0.559. The van der Waals surface area contributed by atoms with Gasteiger partial charge in [0.2, 0.25) is 0 Å². The number of hydrogen-bond acceptors (Lipinski definition) is 4. The van der Waals surface area contributed by atoms with E-state index in [0.717, 1.165) is 23.1 Å². The number of anilines is 1. The number of amides is 1. The molecule has 150 valence electrons. The quantitative estimate of drug-likeness (QED) is 0.714. The van der Waals surface area contributed by atoms with E-state index < -0.39 is 6.09 Å². The molecule has 1 unspecified atom stereocenters. The van der Waals surface area contributed by atoms with E-state index >= 15 is 0 Å². The van der Waals surface area contributed by atoms with Gasteiger partial charge >= 0.3 is 6.09 Å². The maximum atomic E-state index is 12.2. The molecule has 0 aliphatic heterocycles. The van der Waals surface area contributed by atoms with Crippen LogP contribution in [0.5, 0.6) is 0 Å². The van der Waals surface area contributed by atoms with Crippen LogP contribution in [0, 0.1) is 5.92 Å². The van der Waals surface area contributed by atoms with Crippen LogP contribution in [0.25, 0.3) is 16.6 Å². The van der Waals surface area contributed by atoms with Gasteiger partial charge in [-0.05, 0) is 49.1 Å². The maximum absolute atomic E-state index is 12.2. The van der Waals surface area contributed by atoms with Crippen molar-refractivity contribution in [1.29, 1.82) is 0 Å². The number of nitrogens with one attached hydrogen (secondary N) is 1. The second-order valence-corrected chi connectivity index (χ2v) is 7.64. The van der Waals surface area contributed by atoms with Gasteiger partial charge in [-0.2, -0.15) is 5.10 Å². The number of imidazole rings is 1. The second kappa shape index (κ2) is 7.58. The van der Waals surface area contributed by atoms with Gasteiger partial charge in [0, 0.05) is 19.8 Å². The molecule has 1 aromatic carbocycles. The molecule has 7 heteroatoms. The molecule has 1 amide bonds. The number of nitrogens with zero attached hydrogens (tertiary/aromatic N) is 4. The van der Waals surface area contributed by atoms with Crippen LogP contribution >= 0.6 is 0 Å². The largest absolute Gasteiger partial charge is 0.443 e. The molecule has 1 aliphatic rings. The molecule has 0 saturated carbocycles. The van der Waals surface area contributed by atoms with Gasteiger partial charge in [-0.15, -0.1) is 0 Å². The zero-order valence-corrected chi connectivity index (χ0v) is 17.1. The Balaban J connectivity index is 1.40. The lowest BCUT2D eigenvalue weighted by atomic mass is 9.90. The highest BCUT2D eigenvalue weighted by molar-refractivity contribution is 5.88. The van der Waals surface area contributed by atoms with Crippen LogP contribution in [0.3, 0.4) is 0 Å². The van der Waals surface area contributed by atoms with E-state index in [0.29, 0.717) is 17.3 Å². The third-order valence-corrected chi connectivity index (χ3v) is 5.21. The molecule has 0 fully saturated rings. The third kappa shape index (κ3) is 3.94. The molecule has 0 bridgehead atoms. The van der Waals surface area contributed by atoms with E-state index in [9.17, 15) is 4.79 Å². The van der Waals surface area contributed by atoms with E-state index in [1.54, 1.807) is 6.33 Å². The van der Waals surface area contributed by atoms with E-state index in [1.807, 2.05) is 47.6 Å². The molecule has 3 aromatic rings. The van der Waals surface area contributed by atoms with Gasteiger partial charge in [0.1, 0.15) is 12.3 Å². The monoisotopic (exact) mass is 391 g/mol. The highest BCUT2D eigenvalue weighted by Crippen LogP contribution is 2.30. The minimum Gasteiger partial charge on any atom is -0.443 e. The Morgan fingerprint density at radius 1 is 1.31 bits per heavy atom. The lowest BCUT2D eigenvalue weighted by Crippen LogP contribution is -2.13. The Hall–Kier alpha value is -3.35. The number of ether oxygens (including phenoxy) is 1. The maximum Gasteiger partial charge on any atom is 0.412 e. The van der Waals surface area contributed by atoms with Crippen molar-refractivity contribution in [2.45, 2.75) is 26.9 Å². The van der Waals surface area contributed by atoms with Crippen LogP contribution in [-0.2, 0) is 25.4 Å². The average Bonchev–Trinajstić information content (AvgIpc) is 3.23. The van der Waals surface area contributed by atoms with E-state index in [1.165, 1.54) is 11.1 Å². The van der Waals surface area contributed by atoms with Crippen molar-refractivity contribution in [2.24, 2.45) is 20.0 Å². The van der Waals surface area contributed by atoms with Crippen LogP contribution in [0.1, 0.15) is 31.7 Å². The Bertz CT molecular complexity index is 1140. The molecule has 7 nitrogen and oxygen atoms in total. The zero-order chi connectivity index (χ0) is 20.5. The zero-order valence-electron chi connectivity index (χ0n) is 17.1. The Labute approximate surface area is 169 Å². The smallest absolute Gasteiger partial charge is 0.412 e. The molecule has 2 heterocycles. The highest BCUT2D eigenvalue weighted by Gasteiger charge is 2.16. The minimum absolute atomic E-state index is 0.109. The van der Waals surface area contributed by atoms with Crippen molar-refractivity contribution >= 4 is 28.4 Å². The summed E-state index contributed by atoms with van der Waals surface area (Å²) in [5.41, 5.74) is 6.75. The molecule has 1 N–H and O–H groups in total. The van der Waals surface area contributed by atoms with Gasteiger partial charge < -0.3 is 9.30 Å². The van der Waals surface area contributed by atoms with Gasteiger partial charge in [0.05, 0.1) is 23.1 Å². The van der Waals surface area contributed by atoms with Gasteiger partial charge in [-0.25, -0.2) is 9.78 Å². The normalized spacial score (nSPS) is 16.5. The first kappa shape index (κ1) is 19.0. The van der Waals surface area contributed by atoms with Crippen LogP contribution in [-0.4, -0.2) is 25.4 Å². The van der Waals surface area contributed by atoms with E-state index in [4.69, 9.17) is 4.74 Å². The molecular formula is C22H25N5O2. The molecule has 1 aliphatic carbocycles. The Morgan fingerprint density at radius 3 is 2.93 bits per heavy atom. The van der Waals surface area contributed by atoms with E-state index in [-0.39, 0.29) is 6.61 Å². The average molecular weight is 391 g/mol. The number of fused-ring (bicyclic) bond motifs is 1. The summed E-state index contributed by atoms with van der Waals surface area (Å²) in [6.07, 6.45) is 6.65. The first-order chi connectivity index (χ1) is 13.9. The fraction of sp³-hybridized carbons (Fsp3) is 0.318. The molecule has 0 saturated heterocycles. The number of carbonyl (C=O) groups is 1. The predicted octanol–water partition coefficient (Wildman–Crippen LogP) is 4.43. The summed E-state index contributed by atoms with van der Waals surface area (Å²) in [6, 6.07) is 7.54. The fourth-order valence-electron chi connectivity index (χ4n) is 3.72. The lowest BCUT2D eigenvalue weighted by Gasteiger charge is -2.17. The summed E-state index contributed by atoms with van der Waals surface area (Å²) in [7, 11) is 3.84. The number of hydrogen-bond donors (Lipinski definition) is 1. The van der Waals surface area contributed by atoms with Gasteiger partial charge in [0.15, 0.2) is 0 Å². The van der Waals surface area contributed by atoms with Crippen molar-refractivity contribution in [2.75, 3.05) is 5.32 Å². The first-order valence-corrected chi connectivity index (χ1v) is 9.67. The van der Waals surface area contributed by atoms with Crippen molar-refractivity contribution in [1.82, 2.24) is 19.3 Å². The van der Waals surface area contributed by atoms with Crippen molar-refractivity contribution in [3.8, 4) is 0 Å². The molecule has 4 rings (SSSR count). The fourth-order valence-corrected chi connectivity index (χ4v) is 3.72. The number of allylic oxidation sites excluding steroid dienone is 4. The number of benzene rings is 1. The number of rotatable bonds is 4. The second-order valence-electron chi connectivity index (χ2n) is 7.64. The molecule has 0 spiro atoms. The molecule has 1 atom stereocenters. The standard InChI is InChI=1S/C22H25N5O2/c1-14-5-7-18(15(2)9-14)21-11-17(25-27(21)4)12-29-22(28)24-16-6-8-20-19(10-16)23-13-26(20)3/h5-8,10-11,13-14H,9,12H2,1-4H3,(H,24,28). The molecule has 0 radical (unpaired) electrons. The van der Waals surface area contributed by atoms with Crippen LogP contribution < -0.4 is 5.32 Å². The van der Waals surface area contributed by atoms with Gasteiger partial charge in [-0.3, -0.25) is 10.00 Å². The van der Waals surface area contributed by atoms with Crippen LogP contribution in [0.2, 0.25) is 0 Å². The molecule has 29 heavy (non-hydrogen) atoms. The topological polar surface area (TPSA) is 74.0 Å². The van der Waals surface area contributed by atoms with Gasteiger partial charge in [-0.1, -0.05) is 24.6 Å². The summed E-state index contributed by atoms with van der Waals surface area (Å²) >= 11 is 0. The number of aryl methyl sites for hydroxylation is 2. The lowest BCUT2D eigenvalue weighted by molar-refractivity contribution is 0.153. The summed E-state index contributed by atoms with van der Waals surface area (Å²) in [4.78, 5) is 16.5. The molecule has 2 aromatic heterocycles. The number of carbonyl (C=O) groups excluding carboxylic acids is 1. The van der Waals surface area contributed by atoms with Crippen LogP contribution in [0.15, 0.2) is 48.3 Å². The Kier molecular flexibility index (Phi) is 4.96. The van der Waals surface area contributed by atoms with Crippen molar-refractivity contribution in [3.63, 3.8) is 0 Å². The third-order valence-electron chi connectivity index (χ3n) is 5.21. The van der Waals surface area contributed by atoms with Gasteiger partial charge in [0.25, 0.3) is 0 Å². The summed E-state index contributed by atoms with van der Waals surface area (Å²) in [5, 5.41) is 7.24. The van der Waals surface area contributed by atoms with Crippen LogP contribution in [0.4, 0.5) is 10.5 Å². The number of aromatic nitrogens is 4. The van der Waals surface area contributed by atoms with E-state index in [2.05, 4.69) is 41.4 Å². The van der Waals surface area contributed by atoms with Crippen molar-refractivity contribution in [3.05, 3.63) is 59.7 Å².